The molecule has 142 valence electrons. The topological polar surface area (TPSA) is 77.1 Å². The summed E-state index contributed by atoms with van der Waals surface area (Å²) < 4.78 is 15.8. The first kappa shape index (κ1) is 18.5. The maximum Gasteiger partial charge on any atom is 0.305 e. The number of fused-ring (bicyclic) bond motifs is 1. The smallest absolute Gasteiger partial charge is 0.305 e. The second kappa shape index (κ2) is 8.89. The van der Waals surface area contributed by atoms with Gasteiger partial charge in [0.2, 0.25) is 5.91 Å². The summed E-state index contributed by atoms with van der Waals surface area (Å²) in [4.78, 5) is 25.5. The number of hydrogen-bond acceptors (Lipinski definition) is 6. The first-order valence-corrected chi connectivity index (χ1v) is 9.14. The average molecular weight is 362 g/mol. The summed E-state index contributed by atoms with van der Waals surface area (Å²) in [7, 11) is 1.37. The Hall–Kier alpha value is -2.28. The van der Waals surface area contributed by atoms with Crippen LogP contribution in [0.15, 0.2) is 18.2 Å². The molecule has 0 spiro atoms. The summed E-state index contributed by atoms with van der Waals surface area (Å²) in [5.41, 5.74) is 1.16. The fourth-order valence-electron chi connectivity index (χ4n) is 3.46. The average Bonchev–Trinajstić information content (AvgIpc) is 3.12. The van der Waals surface area contributed by atoms with Crippen molar-refractivity contribution in [3.05, 3.63) is 23.8 Å². The van der Waals surface area contributed by atoms with Gasteiger partial charge in [-0.15, -0.1) is 0 Å². The summed E-state index contributed by atoms with van der Waals surface area (Å²) in [6, 6.07) is 6.26. The van der Waals surface area contributed by atoms with E-state index in [1.807, 2.05) is 12.1 Å². The van der Waals surface area contributed by atoms with Gasteiger partial charge >= 0.3 is 5.97 Å². The molecule has 7 nitrogen and oxygen atoms in total. The van der Waals surface area contributed by atoms with Crippen LogP contribution in [-0.4, -0.2) is 56.7 Å². The monoisotopic (exact) mass is 362 g/mol. The number of carbonyl (C=O) groups excluding carboxylic acids is 2. The fraction of sp³-hybridized carbons (Fsp3) is 0.579. The lowest BCUT2D eigenvalue weighted by Crippen LogP contribution is -2.37. The number of benzene rings is 1. The molecule has 7 heteroatoms. The number of nitrogens with zero attached hydrogens (tertiary/aromatic N) is 1. The molecule has 0 saturated carbocycles. The van der Waals surface area contributed by atoms with Crippen LogP contribution < -0.4 is 14.8 Å². The van der Waals surface area contributed by atoms with Crippen molar-refractivity contribution in [3.63, 3.8) is 0 Å². The van der Waals surface area contributed by atoms with Crippen LogP contribution in [0.2, 0.25) is 0 Å². The molecule has 1 atom stereocenters. The minimum Gasteiger partial charge on any atom is -0.486 e. The van der Waals surface area contributed by atoms with Crippen LogP contribution >= 0.6 is 0 Å². The molecular weight excluding hydrogens is 336 g/mol. The van der Waals surface area contributed by atoms with Crippen molar-refractivity contribution in [3.8, 4) is 11.5 Å². The number of nitrogens with one attached hydrogen (secondary N) is 1. The summed E-state index contributed by atoms with van der Waals surface area (Å²) in [6.45, 7) is 2.89. The van der Waals surface area contributed by atoms with Crippen LogP contribution in [0.3, 0.4) is 0 Å². The highest BCUT2D eigenvalue weighted by atomic mass is 16.6. The van der Waals surface area contributed by atoms with E-state index in [2.05, 4.69) is 21.0 Å². The molecule has 2 aliphatic heterocycles. The predicted octanol–water partition coefficient (Wildman–Crippen LogP) is 1.66. The van der Waals surface area contributed by atoms with E-state index < -0.39 is 0 Å². The van der Waals surface area contributed by atoms with Gasteiger partial charge in [0.15, 0.2) is 11.5 Å². The third kappa shape index (κ3) is 4.66. The van der Waals surface area contributed by atoms with E-state index in [1.54, 1.807) is 0 Å². The Bertz CT molecular complexity index is 649. The molecule has 0 bridgehead atoms. The number of esters is 1. The van der Waals surface area contributed by atoms with Gasteiger partial charge < -0.3 is 19.5 Å². The normalized spacial score (nSPS) is 19.2. The van der Waals surface area contributed by atoms with E-state index in [0.717, 1.165) is 36.4 Å². The number of hydrogen-bond donors (Lipinski definition) is 1. The Labute approximate surface area is 153 Å². The van der Waals surface area contributed by atoms with Crippen LogP contribution in [0, 0.1) is 0 Å². The van der Waals surface area contributed by atoms with Gasteiger partial charge in [-0.25, -0.2) is 0 Å². The molecule has 1 aromatic carbocycles. The third-order valence-electron chi connectivity index (χ3n) is 4.77. The van der Waals surface area contributed by atoms with Crippen molar-refractivity contribution in [2.75, 3.05) is 40.0 Å². The van der Waals surface area contributed by atoms with Crippen LogP contribution in [0.25, 0.3) is 0 Å². The largest absolute Gasteiger partial charge is 0.486 e. The van der Waals surface area contributed by atoms with Gasteiger partial charge in [-0.05, 0) is 43.5 Å². The molecule has 1 N–H and O–H groups in total. The minimum atomic E-state index is -0.252. The van der Waals surface area contributed by atoms with Crippen LogP contribution in [0.5, 0.6) is 11.5 Å². The van der Waals surface area contributed by atoms with Crippen molar-refractivity contribution < 1.29 is 23.8 Å². The molecular formula is C19H26N2O5. The maximum absolute atomic E-state index is 12.2. The van der Waals surface area contributed by atoms with Gasteiger partial charge in [0.05, 0.1) is 13.7 Å². The highest BCUT2D eigenvalue weighted by Gasteiger charge is 2.28. The van der Waals surface area contributed by atoms with E-state index in [4.69, 9.17) is 9.47 Å². The Balaban J connectivity index is 1.52. The number of likely N-dealkylation sites (tertiary alicyclic amines) is 1. The van der Waals surface area contributed by atoms with Crippen LogP contribution in [0.1, 0.15) is 37.3 Å². The molecule has 1 saturated heterocycles. The summed E-state index contributed by atoms with van der Waals surface area (Å²) in [5.74, 6) is 1.30. The van der Waals surface area contributed by atoms with Crippen molar-refractivity contribution in [2.45, 2.75) is 31.7 Å². The minimum absolute atomic E-state index is 0.0145. The van der Waals surface area contributed by atoms with E-state index in [1.165, 1.54) is 7.11 Å². The first-order chi connectivity index (χ1) is 12.7. The number of rotatable bonds is 7. The summed E-state index contributed by atoms with van der Waals surface area (Å²) >= 11 is 0. The molecule has 0 radical (unpaired) electrons. The first-order valence-electron chi connectivity index (χ1n) is 9.14. The zero-order valence-electron chi connectivity index (χ0n) is 15.2. The van der Waals surface area contributed by atoms with Gasteiger partial charge in [0.1, 0.15) is 13.2 Å². The molecule has 1 aromatic rings. The molecule has 26 heavy (non-hydrogen) atoms. The van der Waals surface area contributed by atoms with E-state index in [9.17, 15) is 9.59 Å². The molecule has 0 aliphatic carbocycles. The highest BCUT2D eigenvalue weighted by molar-refractivity contribution is 5.78. The van der Waals surface area contributed by atoms with Crippen molar-refractivity contribution in [1.82, 2.24) is 10.2 Å². The van der Waals surface area contributed by atoms with Gasteiger partial charge in [-0.2, -0.15) is 0 Å². The van der Waals surface area contributed by atoms with Crippen molar-refractivity contribution in [1.29, 1.82) is 0 Å². The molecule has 1 amide bonds. The number of methoxy groups -OCH3 is 1. The molecule has 1 fully saturated rings. The van der Waals surface area contributed by atoms with E-state index in [0.29, 0.717) is 39.1 Å². The maximum atomic E-state index is 12.2. The standard InChI is InChI=1S/C19H26N2O5/c1-24-19(23)5-2-8-20-18(22)13-21-9-3-4-15(21)14-6-7-16-17(12-14)26-11-10-25-16/h6-7,12,15H,2-5,8-11,13H2,1H3,(H,20,22). The molecule has 3 rings (SSSR count). The van der Waals surface area contributed by atoms with Crippen molar-refractivity contribution >= 4 is 11.9 Å². The lowest BCUT2D eigenvalue weighted by molar-refractivity contribution is -0.140. The number of ether oxygens (including phenoxy) is 3. The van der Waals surface area contributed by atoms with E-state index >= 15 is 0 Å². The second-order valence-corrected chi connectivity index (χ2v) is 6.56. The van der Waals surface area contributed by atoms with Crippen molar-refractivity contribution in [2.24, 2.45) is 0 Å². The zero-order valence-corrected chi connectivity index (χ0v) is 15.2. The Morgan fingerprint density at radius 3 is 2.88 bits per heavy atom. The summed E-state index contributed by atoms with van der Waals surface area (Å²) in [6.07, 6.45) is 2.99. The van der Waals surface area contributed by atoms with Gasteiger partial charge in [0, 0.05) is 19.0 Å². The van der Waals surface area contributed by atoms with Gasteiger partial charge in [-0.1, -0.05) is 6.07 Å². The third-order valence-corrected chi connectivity index (χ3v) is 4.77. The lowest BCUT2D eigenvalue weighted by atomic mass is 10.0. The van der Waals surface area contributed by atoms with E-state index in [-0.39, 0.29) is 17.9 Å². The van der Waals surface area contributed by atoms with Gasteiger partial charge in [-0.3, -0.25) is 14.5 Å². The Morgan fingerprint density at radius 1 is 1.27 bits per heavy atom. The second-order valence-electron chi connectivity index (χ2n) is 6.56. The number of carbonyl (C=O) groups is 2. The molecule has 2 heterocycles. The van der Waals surface area contributed by atoms with Gasteiger partial charge in [0.25, 0.3) is 0 Å². The predicted molar refractivity (Wildman–Crippen MR) is 95.2 cm³/mol. The fourth-order valence-corrected chi connectivity index (χ4v) is 3.46. The quantitative estimate of drug-likeness (QED) is 0.587. The molecule has 1 unspecified atom stereocenters. The SMILES string of the molecule is COC(=O)CCCNC(=O)CN1CCCC1c1ccc2c(c1)OCCO2. The Morgan fingerprint density at radius 2 is 2.08 bits per heavy atom. The lowest BCUT2D eigenvalue weighted by Gasteiger charge is -2.26. The number of amides is 1. The summed E-state index contributed by atoms with van der Waals surface area (Å²) in [5, 5.41) is 2.88. The van der Waals surface area contributed by atoms with Crippen LogP contribution in [-0.2, 0) is 14.3 Å². The molecule has 0 aromatic heterocycles. The van der Waals surface area contributed by atoms with Crippen LogP contribution in [0.4, 0.5) is 0 Å². The highest BCUT2D eigenvalue weighted by Crippen LogP contribution is 2.37. The molecule has 2 aliphatic rings. The zero-order chi connectivity index (χ0) is 18.4. The Kier molecular flexibility index (Phi) is 6.33.